The third-order valence-corrected chi connectivity index (χ3v) is 3.04. The molecule has 2 aromatic rings. The quantitative estimate of drug-likeness (QED) is 0.868. The van der Waals surface area contributed by atoms with Crippen LogP contribution in [-0.2, 0) is 0 Å². The Bertz CT molecular complexity index is 439. The van der Waals surface area contributed by atoms with Crippen molar-refractivity contribution in [3.8, 4) is 0 Å². The van der Waals surface area contributed by atoms with Crippen LogP contribution in [0.15, 0.2) is 60.7 Å². The lowest BCUT2D eigenvalue weighted by atomic mass is 10.1. The first-order chi connectivity index (χ1) is 8.33. The normalized spacial score (nSPS) is 12.1. The van der Waals surface area contributed by atoms with Crippen molar-refractivity contribution in [1.82, 2.24) is 0 Å². The molecule has 0 saturated heterocycles. The van der Waals surface area contributed by atoms with Gasteiger partial charge in [-0.05, 0) is 17.7 Å². The summed E-state index contributed by atoms with van der Waals surface area (Å²) in [5.41, 5.74) is 8.34. The van der Waals surface area contributed by atoms with E-state index in [1.807, 2.05) is 24.3 Å². The third kappa shape index (κ3) is 2.66. The van der Waals surface area contributed by atoms with E-state index >= 15 is 0 Å². The molecule has 88 valence electrons. The van der Waals surface area contributed by atoms with E-state index < -0.39 is 0 Å². The molecule has 0 fully saturated rings. The van der Waals surface area contributed by atoms with Crippen molar-refractivity contribution in [2.75, 3.05) is 18.5 Å². The van der Waals surface area contributed by atoms with Gasteiger partial charge in [0, 0.05) is 19.3 Å². The summed E-state index contributed by atoms with van der Waals surface area (Å²) >= 11 is 0. The van der Waals surface area contributed by atoms with Gasteiger partial charge in [-0.3, -0.25) is 0 Å². The van der Waals surface area contributed by atoms with Crippen molar-refractivity contribution in [2.24, 2.45) is 5.73 Å². The van der Waals surface area contributed by atoms with Gasteiger partial charge < -0.3 is 10.6 Å². The first-order valence-corrected chi connectivity index (χ1v) is 5.86. The largest absolute Gasteiger partial charge is 0.366 e. The third-order valence-electron chi connectivity index (χ3n) is 3.04. The van der Waals surface area contributed by atoms with Crippen LogP contribution in [0.4, 0.5) is 5.69 Å². The number of hydrogen-bond acceptors (Lipinski definition) is 2. The van der Waals surface area contributed by atoms with Crippen molar-refractivity contribution < 1.29 is 0 Å². The summed E-state index contributed by atoms with van der Waals surface area (Å²) in [6.45, 7) is 0.607. The van der Waals surface area contributed by atoms with E-state index in [1.165, 1.54) is 11.3 Å². The van der Waals surface area contributed by atoms with Crippen LogP contribution in [0.3, 0.4) is 0 Å². The topological polar surface area (TPSA) is 29.3 Å². The summed E-state index contributed by atoms with van der Waals surface area (Å²) in [7, 11) is 2.08. The molecule has 0 amide bonds. The maximum atomic E-state index is 5.90. The second kappa shape index (κ2) is 5.51. The van der Waals surface area contributed by atoms with Gasteiger partial charge in [0.05, 0.1) is 6.04 Å². The van der Waals surface area contributed by atoms with Gasteiger partial charge in [0.25, 0.3) is 0 Å². The predicted octanol–water partition coefficient (Wildman–Crippen LogP) is 2.82. The van der Waals surface area contributed by atoms with E-state index in [-0.39, 0.29) is 6.04 Å². The number of anilines is 1. The minimum Gasteiger partial charge on any atom is -0.366 e. The highest BCUT2D eigenvalue weighted by Crippen LogP contribution is 2.24. The molecular formula is C15H18N2. The van der Waals surface area contributed by atoms with E-state index in [1.54, 1.807) is 0 Å². The first-order valence-electron chi connectivity index (χ1n) is 5.86. The van der Waals surface area contributed by atoms with Crippen LogP contribution >= 0.6 is 0 Å². The molecule has 0 radical (unpaired) electrons. The summed E-state index contributed by atoms with van der Waals surface area (Å²) < 4.78 is 0. The molecule has 2 rings (SSSR count). The summed E-state index contributed by atoms with van der Waals surface area (Å²) in [5.74, 6) is 0. The SMILES string of the molecule is CN(c1ccccc1)[C@H](CN)c1ccccc1. The molecular weight excluding hydrogens is 208 g/mol. The Kier molecular flexibility index (Phi) is 3.78. The molecule has 2 heteroatoms. The van der Waals surface area contributed by atoms with E-state index in [9.17, 15) is 0 Å². The molecule has 0 aliphatic carbocycles. The van der Waals surface area contributed by atoms with Gasteiger partial charge >= 0.3 is 0 Å². The Balaban J connectivity index is 2.25. The Morgan fingerprint density at radius 2 is 1.47 bits per heavy atom. The van der Waals surface area contributed by atoms with Gasteiger partial charge in [0.2, 0.25) is 0 Å². The Hall–Kier alpha value is -1.80. The molecule has 1 atom stereocenters. The second-order valence-electron chi connectivity index (χ2n) is 4.11. The van der Waals surface area contributed by atoms with E-state index in [0.29, 0.717) is 6.54 Å². The lowest BCUT2D eigenvalue weighted by molar-refractivity contribution is 0.681. The maximum Gasteiger partial charge on any atom is 0.0661 e. The number of para-hydroxylation sites is 1. The number of rotatable bonds is 4. The van der Waals surface area contributed by atoms with E-state index in [4.69, 9.17) is 5.73 Å². The molecule has 2 nitrogen and oxygen atoms in total. The van der Waals surface area contributed by atoms with Crippen molar-refractivity contribution in [2.45, 2.75) is 6.04 Å². The number of nitrogens with two attached hydrogens (primary N) is 1. The van der Waals surface area contributed by atoms with Crippen molar-refractivity contribution >= 4 is 5.69 Å². The Labute approximate surface area is 103 Å². The Morgan fingerprint density at radius 3 is 2.00 bits per heavy atom. The average Bonchev–Trinajstić information content (AvgIpc) is 2.42. The van der Waals surface area contributed by atoms with Crippen LogP contribution in [0.2, 0.25) is 0 Å². The number of benzene rings is 2. The zero-order chi connectivity index (χ0) is 12.1. The van der Waals surface area contributed by atoms with E-state index in [2.05, 4.69) is 48.3 Å². The zero-order valence-electron chi connectivity index (χ0n) is 10.1. The summed E-state index contributed by atoms with van der Waals surface area (Å²) in [6, 6.07) is 20.9. The van der Waals surface area contributed by atoms with Gasteiger partial charge in [-0.1, -0.05) is 48.5 Å². The fourth-order valence-corrected chi connectivity index (χ4v) is 2.04. The molecule has 0 unspecified atom stereocenters. The lowest BCUT2D eigenvalue weighted by Crippen LogP contribution is -2.30. The van der Waals surface area contributed by atoms with Crippen LogP contribution in [0.25, 0.3) is 0 Å². The molecule has 17 heavy (non-hydrogen) atoms. The number of hydrogen-bond donors (Lipinski definition) is 1. The molecule has 0 aromatic heterocycles. The molecule has 0 aliphatic rings. The summed E-state index contributed by atoms with van der Waals surface area (Å²) in [4.78, 5) is 2.22. The van der Waals surface area contributed by atoms with Gasteiger partial charge in [0.1, 0.15) is 0 Å². The zero-order valence-corrected chi connectivity index (χ0v) is 10.1. The first kappa shape index (κ1) is 11.7. The van der Waals surface area contributed by atoms with E-state index in [0.717, 1.165) is 0 Å². The fourth-order valence-electron chi connectivity index (χ4n) is 2.04. The summed E-state index contributed by atoms with van der Waals surface area (Å²) in [5, 5.41) is 0. The molecule has 0 aliphatic heterocycles. The second-order valence-corrected chi connectivity index (χ2v) is 4.11. The lowest BCUT2D eigenvalue weighted by Gasteiger charge is -2.29. The van der Waals surface area contributed by atoms with Crippen LogP contribution in [0.5, 0.6) is 0 Å². The van der Waals surface area contributed by atoms with Crippen LogP contribution in [0.1, 0.15) is 11.6 Å². The van der Waals surface area contributed by atoms with Crippen molar-refractivity contribution in [1.29, 1.82) is 0 Å². The predicted molar refractivity (Wildman–Crippen MR) is 73.1 cm³/mol. The highest BCUT2D eigenvalue weighted by molar-refractivity contribution is 5.48. The minimum absolute atomic E-state index is 0.221. The minimum atomic E-state index is 0.221. The molecule has 2 aromatic carbocycles. The highest BCUT2D eigenvalue weighted by atomic mass is 15.1. The monoisotopic (exact) mass is 226 g/mol. The average molecular weight is 226 g/mol. The number of likely N-dealkylation sites (N-methyl/N-ethyl adjacent to an activating group) is 1. The number of nitrogens with zero attached hydrogens (tertiary/aromatic N) is 1. The summed E-state index contributed by atoms with van der Waals surface area (Å²) in [6.07, 6.45) is 0. The van der Waals surface area contributed by atoms with Crippen LogP contribution in [-0.4, -0.2) is 13.6 Å². The maximum absolute atomic E-state index is 5.90. The highest BCUT2D eigenvalue weighted by Gasteiger charge is 2.14. The van der Waals surface area contributed by atoms with Gasteiger partial charge in [-0.25, -0.2) is 0 Å². The van der Waals surface area contributed by atoms with Gasteiger partial charge in [0.15, 0.2) is 0 Å². The van der Waals surface area contributed by atoms with Gasteiger partial charge in [-0.15, -0.1) is 0 Å². The van der Waals surface area contributed by atoms with Crippen molar-refractivity contribution in [3.05, 3.63) is 66.2 Å². The molecule has 2 N–H and O–H groups in total. The molecule has 0 heterocycles. The smallest absolute Gasteiger partial charge is 0.0661 e. The standard InChI is InChI=1S/C15H18N2/c1-17(14-10-6-3-7-11-14)15(12-16)13-8-4-2-5-9-13/h2-11,15H,12,16H2,1H3/t15-/m1/s1. The van der Waals surface area contributed by atoms with Crippen LogP contribution < -0.4 is 10.6 Å². The fraction of sp³-hybridized carbons (Fsp3) is 0.200. The van der Waals surface area contributed by atoms with Crippen LogP contribution in [0, 0.1) is 0 Å². The van der Waals surface area contributed by atoms with Crippen molar-refractivity contribution in [3.63, 3.8) is 0 Å². The Morgan fingerprint density at radius 1 is 0.941 bits per heavy atom. The molecule has 0 bridgehead atoms. The molecule has 0 spiro atoms. The molecule has 0 saturated carbocycles. The van der Waals surface area contributed by atoms with Gasteiger partial charge in [-0.2, -0.15) is 0 Å².